The highest BCUT2D eigenvalue weighted by Crippen LogP contribution is 2.16. The number of nitrogen functional groups attached to an aromatic ring is 2. The number of urea groups is 1. The molecule has 1 unspecified atom stereocenters. The molecule has 1 aliphatic heterocycles. The van der Waals surface area contributed by atoms with E-state index >= 15 is 0 Å². The second-order valence-electron chi connectivity index (χ2n) is 4.69. The largest absolute Gasteiger partial charge is 0.424 e. The maximum absolute atomic E-state index is 12.0. The molecule has 1 aromatic heterocycles. The van der Waals surface area contributed by atoms with Gasteiger partial charge in [-0.25, -0.2) is 9.59 Å². The van der Waals surface area contributed by atoms with Crippen molar-refractivity contribution in [1.82, 2.24) is 20.3 Å². The maximum Gasteiger partial charge on any atom is 0.424 e. The predicted molar refractivity (Wildman–Crippen MR) is 71.0 cm³/mol. The summed E-state index contributed by atoms with van der Waals surface area (Å²) in [6.45, 7) is 2.75. The molecule has 5 N–H and O–H groups in total. The molecule has 1 aliphatic rings. The number of imide groups is 1. The second kappa shape index (κ2) is 5.37. The first kappa shape index (κ1) is 14.1. The van der Waals surface area contributed by atoms with Crippen LogP contribution in [-0.2, 0) is 11.2 Å². The summed E-state index contributed by atoms with van der Waals surface area (Å²) in [5.74, 6) is 0.321. The number of carbonyl (C=O) groups is 2. The quantitative estimate of drug-likeness (QED) is 0.467. The van der Waals surface area contributed by atoms with E-state index in [1.165, 1.54) is 0 Å². The molecular formula is C11H18N7O2+. The van der Waals surface area contributed by atoms with E-state index in [2.05, 4.69) is 20.3 Å². The van der Waals surface area contributed by atoms with Crippen molar-refractivity contribution < 1.29 is 14.1 Å². The molecule has 0 aliphatic carbocycles. The number of rotatable bonds is 5. The Morgan fingerprint density at radius 1 is 1.15 bits per heavy atom. The molecule has 0 saturated carbocycles. The van der Waals surface area contributed by atoms with Crippen LogP contribution in [0.3, 0.4) is 0 Å². The summed E-state index contributed by atoms with van der Waals surface area (Å²) in [7, 11) is 0. The molecule has 0 spiro atoms. The van der Waals surface area contributed by atoms with Gasteiger partial charge >= 0.3 is 11.9 Å². The lowest BCUT2D eigenvalue weighted by molar-refractivity contribution is -0.767. The van der Waals surface area contributed by atoms with Gasteiger partial charge in [-0.05, 0) is 6.42 Å². The third-order valence-electron chi connectivity index (χ3n) is 3.30. The molecule has 20 heavy (non-hydrogen) atoms. The highest BCUT2D eigenvalue weighted by atomic mass is 16.2. The molecule has 3 amide bonds. The lowest BCUT2D eigenvalue weighted by Gasteiger charge is -2.26. The van der Waals surface area contributed by atoms with Crippen LogP contribution in [0.15, 0.2) is 0 Å². The van der Waals surface area contributed by atoms with Crippen LogP contribution in [0, 0.1) is 0 Å². The first-order chi connectivity index (χ1) is 9.48. The highest BCUT2D eigenvalue weighted by molar-refractivity contribution is 5.91. The lowest BCUT2D eigenvalue weighted by Crippen LogP contribution is -2.55. The number of hydrogen-bond acceptors (Lipinski definition) is 7. The number of hydrogen-bond donors (Lipinski definition) is 3. The van der Waals surface area contributed by atoms with Gasteiger partial charge in [-0.3, -0.25) is 5.32 Å². The standard InChI is InChI=1S/C11H17N7O2/c1-2-4-18(8(19)6-14-11(18)20)5-3-7-15-9(12)17-10(13)16-7/h2-6H2,1H3,(H4-,12,13,14,15,16,17,20)/p+1. The van der Waals surface area contributed by atoms with Crippen LogP contribution in [0.25, 0.3) is 0 Å². The van der Waals surface area contributed by atoms with Gasteiger partial charge in [0.1, 0.15) is 18.9 Å². The number of aromatic nitrogens is 3. The topological polar surface area (TPSA) is 137 Å². The zero-order valence-corrected chi connectivity index (χ0v) is 11.3. The summed E-state index contributed by atoms with van der Waals surface area (Å²) in [6.07, 6.45) is 1.05. The molecule has 1 aromatic rings. The van der Waals surface area contributed by atoms with Crippen molar-refractivity contribution in [3.8, 4) is 0 Å². The van der Waals surface area contributed by atoms with Crippen molar-refractivity contribution in [2.24, 2.45) is 0 Å². The van der Waals surface area contributed by atoms with Gasteiger partial charge in [0.15, 0.2) is 0 Å². The summed E-state index contributed by atoms with van der Waals surface area (Å²) >= 11 is 0. The van der Waals surface area contributed by atoms with Gasteiger partial charge in [-0.15, -0.1) is 0 Å². The van der Waals surface area contributed by atoms with Crippen LogP contribution in [0.4, 0.5) is 16.7 Å². The van der Waals surface area contributed by atoms with Crippen molar-refractivity contribution in [2.75, 3.05) is 31.1 Å². The van der Waals surface area contributed by atoms with Crippen molar-refractivity contribution in [2.45, 2.75) is 19.8 Å². The molecule has 2 heterocycles. The molecule has 108 valence electrons. The Balaban J connectivity index is 2.17. The number of quaternary nitrogens is 1. The average Bonchev–Trinajstić information content (AvgIpc) is 2.64. The molecule has 2 rings (SSSR count). The fourth-order valence-corrected chi connectivity index (χ4v) is 2.37. The summed E-state index contributed by atoms with van der Waals surface area (Å²) in [5.41, 5.74) is 11.0. The van der Waals surface area contributed by atoms with Crippen molar-refractivity contribution >= 4 is 23.8 Å². The molecule has 1 saturated heterocycles. The SMILES string of the molecule is CCC[N+]1(CCc2nc(N)nc(N)n2)C(=O)CNC1=O. The van der Waals surface area contributed by atoms with E-state index < -0.39 is 0 Å². The van der Waals surface area contributed by atoms with Gasteiger partial charge in [0, 0.05) is 0 Å². The van der Waals surface area contributed by atoms with Gasteiger partial charge in [0.2, 0.25) is 11.9 Å². The third-order valence-corrected chi connectivity index (χ3v) is 3.30. The van der Waals surface area contributed by atoms with Gasteiger partial charge in [-0.2, -0.15) is 19.4 Å². The van der Waals surface area contributed by atoms with Crippen LogP contribution in [0.5, 0.6) is 0 Å². The number of anilines is 2. The maximum atomic E-state index is 12.0. The van der Waals surface area contributed by atoms with Crippen LogP contribution in [-0.4, -0.2) is 51.0 Å². The fraction of sp³-hybridized carbons (Fsp3) is 0.545. The Kier molecular flexibility index (Phi) is 3.79. The molecule has 0 bridgehead atoms. The number of amides is 3. The zero-order valence-electron chi connectivity index (χ0n) is 11.3. The minimum absolute atomic E-state index is 0.0340. The van der Waals surface area contributed by atoms with Crippen LogP contribution >= 0.6 is 0 Å². The zero-order chi connectivity index (χ0) is 14.8. The normalized spacial score (nSPS) is 22.1. The molecule has 1 atom stereocenters. The number of carbonyl (C=O) groups excluding carboxylic acids is 2. The minimum Gasteiger partial charge on any atom is -0.368 e. The second-order valence-corrected chi connectivity index (χ2v) is 4.69. The molecular weight excluding hydrogens is 262 g/mol. The Labute approximate surface area is 116 Å². The Hall–Kier alpha value is -2.29. The summed E-state index contributed by atoms with van der Waals surface area (Å²) in [6, 6.07) is -0.271. The van der Waals surface area contributed by atoms with Crippen molar-refractivity contribution in [1.29, 1.82) is 0 Å². The van der Waals surface area contributed by atoms with Crippen LogP contribution in [0.1, 0.15) is 19.2 Å². The van der Waals surface area contributed by atoms with Crippen LogP contribution in [0.2, 0.25) is 0 Å². The van der Waals surface area contributed by atoms with Crippen molar-refractivity contribution in [3.05, 3.63) is 5.82 Å². The summed E-state index contributed by atoms with van der Waals surface area (Å²) in [4.78, 5) is 35.6. The average molecular weight is 280 g/mol. The van der Waals surface area contributed by atoms with E-state index in [0.29, 0.717) is 25.3 Å². The summed E-state index contributed by atoms with van der Waals surface area (Å²) in [5, 5.41) is 2.59. The van der Waals surface area contributed by atoms with E-state index in [4.69, 9.17) is 11.5 Å². The molecule has 0 aromatic carbocycles. The first-order valence-corrected chi connectivity index (χ1v) is 6.42. The first-order valence-electron chi connectivity index (χ1n) is 6.42. The Morgan fingerprint density at radius 2 is 1.80 bits per heavy atom. The summed E-state index contributed by atoms with van der Waals surface area (Å²) < 4.78 is -0.220. The van der Waals surface area contributed by atoms with E-state index in [-0.39, 0.29) is 34.9 Å². The number of nitrogens with one attached hydrogen (secondary N) is 1. The van der Waals surface area contributed by atoms with Crippen LogP contribution < -0.4 is 16.8 Å². The number of nitrogens with zero attached hydrogens (tertiary/aromatic N) is 4. The molecule has 0 radical (unpaired) electrons. The van der Waals surface area contributed by atoms with E-state index in [9.17, 15) is 9.59 Å². The van der Waals surface area contributed by atoms with Gasteiger partial charge in [0.05, 0.1) is 13.0 Å². The minimum atomic E-state index is -0.271. The molecule has 9 heteroatoms. The lowest BCUT2D eigenvalue weighted by atomic mass is 10.2. The third kappa shape index (κ3) is 2.52. The van der Waals surface area contributed by atoms with Gasteiger partial charge in [-0.1, -0.05) is 6.92 Å². The highest BCUT2D eigenvalue weighted by Gasteiger charge is 2.49. The smallest absolute Gasteiger partial charge is 0.368 e. The van der Waals surface area contributed by atoms with Crippen molar-refractivity contribution in [3.63, 3.8) is 0 Å². The molecule has 1 fully saturated rings. The number of nitrogens with two attached hydrogens (primary N) is 2. The fourth-order valence-electron chi connectivity index (χ4n) is 2.37. The monoisotopic (exact) mass is 280 g/mol. The van der Waals surface area contributed by atoms with E-state index in [0.717, 1.165) is 6.42 Å². The predicted octanol–water partition coefficient (Wildman–Crippen LogP) is -0.945. The Bertz CT molecular complexity index is 509. The molecule has 9 nitrogen and oxygen atoms in total. The Morgan fingerprint density at radius 3 is 2.30 bits per heavy atom. The van der Waals surface area contributed by atoms with E-state index in [1.54, 1.807) is 0 Å². The van der Waals surface area contributed by atoms with Gasteiger partial charge in [0.25, 0.3) is 0 Å². The van der Waals surface area contributed by atoms with Gasteiger partial charge < -0.3 is 11.5 Å². The van der Waals surface area contributed by atoms with E-state index in [1.807, 2.05) is 6.92 Å².